The summed E-state index contributed by atoms with van der Waals surface area (Å²) in [6.07, 6.45) is 2.34. The molecule has 1 aliphatic heterocycles. The van der Waals surface area contributed by atoms with E-state index in [-0.39, 0.29) is 11.6 Å². The molecule has 0 radical (unpaired) electrons. The highest BCUT2D eigenvalue weighted by molar-refractivity contribution is 7.91. The molecule has 0 aliphatic carbocycles. The van der Waals surface area contributed by atoms with Crippen LogP contribution in [0.2, 0.25) is 0 Å². The van der Waals surface area contributed by atoms with Crippen LogP contribution in [0.25, 0.3) is 5.69 Å². The molecule has 1 fully saturated rings. The zero-order valence-electron chi connectivity index (χ0n) is 16.5. The van der Waals surface area contributed by atoms with E-state index in [1.165, 1.54) is 16.0 Å². The van der Waals surface area contributed by atoms with E-state index in [0.29, 0.717) is 23.1 Å². The number of nitrogens with zero attached hydrogens (tertiary/aromatic N) is 4. The van der Waals surface area contributed by atoms with Crippen LogP contribution in [0.1, 0.15) is 36.4 Å². The van der Waals surface area contributed by atoms with Gasteiger partial charge in [0.1, 0.15) is 10.0 Å². The quantitative estimate of drug-likeness (QED) is 0.621. The largest absolute Gasteiger partial charge is 0.350 e. The highest BCUT2D eigenvalue weighted by Gasteiger charge is 2.34. The number of rotatable bonds is 5. The van der Waals surface area contributed by atoms with Gasteiger partial charge in [0, 0.05) is 30.9 Å². The van der Waals surface area contributed by atoms with Gasteiger partial charge in [0.15, 0.2) is 0 Å². The van der Waals surface area contributed by atoms with Crippen molar-refractivity contribution in [3.8, 4) is 5.69 Å². The SMILES string of the molecule is CCc1ccc(S(=O)(=O)N2CCCC(c3nn(C)c(=O)n3-c3ccccc3)C2)s1. The van der Waals surface area contributed by atoms with Crippen molar-refractivity contribution in [1.29, 1.82) is 0 Å². The Morgan fingerprint density at radius 2 is 1.93 bits per heavy atom. The first-order valence-electron chi connectivity index (χ1n) is 9.72. The molecule has 9 heteroatoms. The topological polar surface area (TPSA) is 77.2 Å². The number of hydrogen-bond donors (Lipinski definition) is 0. The van der Waals surface area contributed by atoms with Crippen molar-refractivity contribution in [1.82, 2.24) is 18.7 Å². The molecule has 0 bridgehead atoms. The average molecular weight is 433 g/mol. The Hall–Kier alpha value is -2.23. The van der Waals surface area contributed by atoms with Crippen LogP contribution in [-0.2, 0) is 23.5 Å². The first-order chi connectivity index (χ1) is 13.9. The first kappa shape index (κ1) is 20.1. The lowest BCUT2D eigenvalue weighted by Gasteiger charge is -2.31. The van der Waals surface area contributed by atoms with Gasteiger partial charge in [0.2, 0.25) is 0 Å². The molecule has 1 aliphatic rings. The third kappa shape index (κ3) is 3.70. The molecule has 0 saturated carbocycles. The van der Waals surface area contributed by atoms with E-state index in [4.69, 9.17) is 0 Å². The van der Waals surface area contributed by atoms with Crippen molar-refractivity contribution >= 4 is 21.4 Å². The van der Waals surface area contributed by atoms with Gasteiger partial charge in [-0.25, -0.2) is 22.5 Å². The molecule has 7 nitrogen and oxygen atoms in total. The number of aryl methyl sites for hydroxylation is 2. The average Bonchev–Trinajstić information content (AvgIpc) is 3.34. The summed E-state index contributed by atoms with van der Waals surface area (Å²) in [6.45, 7) is 2.83. The fourth-order valence-corrected chi connectivity index (χ4v) is 6.73. The number of thiophene rings is 1. The predicted octanol–water partition coefficient (Wildman–Crippen LogP) is 2.76. The van der Waals surface area contributed by atoms with Crippen LogP contribution in [0.3, 0.4) is 0 Å². The Kier molecular flexibility index (Phi) is 5.46. The van der Waals surface area contributed by atoms with Gasteiger partial charge in [-0.15, -0.1) is 11.3 Å². The molecule has 154 valence electrons. The van der Waals surface area contributed by atoms with E-state index >= 15 is 0 Å². The van der Waals surface area contributed by atoms with Gasteiger partial charge in [-0.1, -0.05) is 25.1 Å². The number of sulfonamides is 1. The Morgan fingerprint density at radius 3 is 2.62 bits per heavy atom. The van der Waals surface area contributed by atoms with E-state index in [0.717, 1.165) is 29.8 Å². The number of aromatic nitrogens is 3. The summed E-state index contributed by atoms with van der Waals surface area (Å²) in [5.74, 6) is 0.474. The van der Waals surface area contributed by atoms with Gasteiger partial charge in [-0.05, 0) is 43.5 Å². The number of piperidine rings is 1. The van der Waals surface area contributed by atoms with Gasteiger partial charge in [0.25, 0.3) is 10.0 Å². The van der Waals surface area contributed by atoms with Crippen molar-refractivity contribution in [2.24, 2.45) is 7.05 Å². The number of para-hydroxylation sites is 1. The van der Waals surface area contributed by atoms with E-state index in [1.54, 1.807) is 22.0 Å². The second-order valence-corrected chi connectivity index (χ2v) is 10.5. The highest BCUT2D eigenvalue weighted by Crippen LogP contribution is 2.32. The van der Waals surface area contributed by atoms with E-state index in [9.17, 15) is 13.2 Å². The van der Waals surface area contributed by atoms with Crippen LogP contribution in [0.5, 0.6) is 0 Å². The minimum absolute atomic E-state index is 0.141. The molecule has 3 aromatic rings. The third-order valence-electron chi connectivity index (χ3n) is 5.29. The standard InChI is InChI=1S/C20H24N4O3S2/c1-3-17-11-12-18(28-17)29(26,27)23-13-7-8-15(14-23)19-21-22(2)20(25)24(19)16-9-5-4-6-10-16/h4-6,9-12,15H,3,7-8,13-14H2,1-2H3. The molecule has 3 heterocycles. The predicted molar refractivity (Wildman–Crippen MR) is 113 cm³/mol. The summed E-state index contributed by atoms with van der Waals surface area (Å²) in [6, 6.07) is 12.9. The Bertz CT molecular complexity index is 1160. The maximum absolute atomic E-state index is 13.2. The minimum atomic E-state index is -3.54. The molecule has 1 saturated heterocycles. The molecule has 1 aromatic carbocycles. The lowest BCUT2D eigenvalue weighted by Crippen LogP contribution is -2.39. The van der Waals surface area contributed by atoms with Crippen molar-refractivity contribution in [2.45, 2.75) is 36.3 Å². The normalized spacial score (nSPS) is 18.2. The summed E-state index contributed by atoms with van der Waals surface area (Å²) < 4.78 is 31.2. The smallest absolute Gasteiger partial charge is 0.247 e. The third-order valence-corrected chi connectivity index (χ3v) is 8.86. The second kappa shape index (κ2) is 7.89. The fraction of sp³-hybridized carbons (Fsp3) is 0.400. The van der Waals surface area contributed by atoms with Gasteiger partial charge >= 0.3 is 5.69 Å². The Morgan fingerprint density at radius 1 is 1.17 bits per heavy atom. The van der Waals surface area contributed by atoms with Crippen molar-refractivity contribution in [2.75, 3.05) is 13.1 Å². The van der Waals surface area contributed by atoms with E-state index in [2.05, 4.69) is 5.10 Å². The van der Waals surface area contributed by atoms with Crippen molar-refractivity contribution < 1.29 is 8.42 Å². The highest BCUT2D eigenvalue weighted by atomic mass is 32.2. The maximum atomic E-state index is 13.2. The summed E-state index contributed by atoms with van der Waals surface area (Å²) in [5.41, 5.74) is 0.517. The molecular formula is C20H24N4O3S2. The fourth-order valence-electron chi connectivity index (χ4n) is 3.75. The minimum Gasteiger partial charge on any atom is -0.247 e. The van der Waals surface area contributed by atoms with Crippen LogP contribution in [0.4, 0.5) is 0 Å². The molecule has 0 spiro atoms. The van der Waals surface area contributed by atoms with Crippen LogP contribution >= 0.6 is 11.3 Å². The van der Waals surface area contributed by atoms with E-state index < -0.39 is 10.0 Å². The molecule has 29 heavy (non-hydrogen) atoms. The van der Waals surface area contributed by atoms with Gasteiger partial charge in [0.05, 0.1) is 5.69 Å². The Labute approximate surface area is 174 Å². The molecular weight excluding hydrogens is 408 g/mol. The Balaban J connectivity index is 1.68. The van der Waals surface area contributed by atoms with Crippen LogP contribution < -0.4 is 5.69 Å². The molecule has 1 unspecified atom stereocenters. The lowest BCUT2D eigenvalue weighted by atomic mass is 9.98. The lowest BCUT2D eigenvalue weighted by molar-refractivity contribution is 0.307. The van der Waals surface area contributed by atoms with Gasteiger partial charge in [-0.3, -0.25) is 0 Å². The van der Waals surface area contributed by atoms with Crippen molar-refractivity contribution in [3.63, 3.8) is 0 Å². The second-order valence-electron chi connectivity index (χ2n) is 7.21. The van der Waals surface area contributed by atoms with Crippen LogP contribution in [0, 0.1) is 0 Å². The summed E-state index contributed by atoms with van der Waals surface area (Å²) in [4.78, 5) is 13.8. The van der Waals surface area contributed by atoms with E-state index in [1.807, 2.05) is 43.3 Å². The van der Waals surface area contributed by atoms with Crippen LogP contribution in [-0.4, -0.2) is 40.2 Å². The molecule has 2 aromatic heterocycles. The first-order valence-corrected chi connectivity index (χ1v) is 12.0. The zero-order valence-corrected chi connectivity index (χ0v) is 18.1. The summed E-state index contributed by atoms with van der Waals surface area (Å²) in [5, 5.41) is 4.47. The van der Waals surface area contributed by atoms with Crippen molar-refractivity contribution in [3.05, 3.63) is 63.7 Å². The zero-order chi connectivity index (χ0) is 20.6. The number of hydrogen-bond acceptors (Lipinski definition) is 5. The molecule has 0 N–H and O–H groups in total. The monoisotopic (exact) mass is 432 g/mol. The number of benzene rings is 1. The summed E-state index contributed by atoms with van der Waals surface area (Å²) in [7, 11) is -1.92. The molecule has 4 rings (SSSR count). The van der Waals surface area contributed by atoms with Crippen LogP contribution in [0.15, 0.2) is 51.5 Å². The summed E-state index contributed by atoms with van der Waals surface area (Å²) >= 11 is 1.33. The van der Waals surface area contributed by atoms with Gasteiger partial charge in [-0.2, -0.15) is 9.40 Å². The molecule has 1 atom stereocenters. The maximum Gasteiger partial charge on any atom is 0.350 e. The van der Waals surface area contributed by atoms with Gasteiger partial charge < -0.3 is 0 Å². The molecule has 0 amide bonds.